The molecule has 0 saturated heterocycles. The molecule has 0 spiro atoms. The summed E-state index contributed by atoms with van der Waals surface area (Å²) in [5.74, 6) is 0.224. The van der Waals surface area contributed by atoms with E-state index in [9.17, 15) is 4.79 Å². The summed E-state index contributed by atoms with van der Waals surface area (Å²) in [5.41, 5.74) is 0.827. The fraction of sp³-hybridized carbons (Fsp3) is 0.143. The minimum absolute atomic E-state index is 0.0739. The summed E-state index contributed by atoms with van der Waals surface area (Å²) in [5, 5.41) is 0. The van der Waals surface area contributed by atoms with Crippen LogP contribution in [0.1, 0.15) is 16.1 Å². The van der Waals surface area contributed by atoms with Gasteiger partial charge in [0.2, 0.25) is 5.78 Å². The second-order valence-corrected chi connectivity index (χ2v) is 4.66. The van der Waals surface area contributed by atoms with Crippen molar-refractivity contribution in [3.05, 3.63) is 58.3 Å². The molecule has 98 valence electrons. The lowest BCUT2D eigenvalue weighted by Gasteiger charge is -2.08. The third-order valence-corrected chi connectivity index (χ3v) is 2.90. The topological polar surface area (TPSA) is 48.4 Å². The van der Waals surface area contributed by atoms with Crippen molar-refractivity contribution < 1.29 is 14.3 Å². The van der Waals surface area contributed by atoms with Crippen LogP contribution in [0.4, 0.5) is 0 Å². The molecule has 19 heavy (non-hydrogen) atoms. The van der Waals surface area contributed by atoms with Gasteiger partial charge in [-0.1, -0.05) is 28.1 Å². The smallest absolute Gasteiger partial charge is 0.215 e. The van der Waals surface area contributed by atoms with E-state index in [2.05, 4.69) is 20.9 Å². The molecule has 5 heteroatoms. The first kappa shape index (κ1) is 13.7. The highest BCUT2D eigenvalue weighted by molar-refractivity contribution is 9.10. The Hall–Kier alpha value is -1.72. The van der Waals surface area contributed by atoms with E-state index in [0.29, 0.717) is 11.3 Å². The normalized spacial score (nSPS) is 10.2. The molecule has 0 bridgehead atoms. The quantitative estimate of drug-likeness (QED) is 0.627. The van der Waals surface area contributed by atoms with Crippen molar-refractivity contribution in [2.24, 2.45) is 0 Å². The lowest BCUT2D eigenvalue weighted by atomic mass is 10.1. The summed E-state index contributed by atoms with van der Waals surface area (Å²) in [7, 11) is 1.52. The van der Waals surface area contributed by atoms with Crippen molar-refractivity contribution in [2.45, 2.75) is 0 Å². The number of hydrogen-bond donors (Lipinski definition) is 0. The molecular weight excluding hydrogens is 310 g/mol. The maximum atomic E-state index is 12.4. The molecule has 0 fully saturated rings. The molecule has 1 aromatic carbocycles. The molecule has 2 rings (SSSR count). The lowest BCUT2D eigenvalue weighted by Crippen LogP contribution is -2.09. The van der Waals surface area contributed by atoms with Gasteiger partial charge in [0.05, 0.1) is 0 Å². The number of nitrogens with zero attached hydrogens (tertiary/aromatic N) is 1. The molecular formula is C14H12BrNO3. The van der Waals surface area contributed by atoms with Gasteiger partial charge in [0, 0.05) is 23.3 Å². The number of carbonyl (C=O) groups excluding carboxylic acids is 1. The summed E-state index contributed by atoms with van der Waals surface area (Å²) < 4.78 is 11.0. The van der Waals surface area contributed by atoms with Gasteiger partial charge >= 0.3 is 0 Å². The second-order valence-electron chi connectivity index (χ2n) is 3.74. The Morgan fingerprint density at radius 3 is 2.89 bits per heavy atom. The van der Waals surface area contributed by atoms with Crippen LogP contribution in [0.2, 0.25) is 0 Å². The van der Waals surface area contributed by atoms with E-state index in [1.54, 1.807) is 36.5 Å². The standard InChI is InChI=1S/C14H12BrNO3/c1-18-9-19-12-6-3-7-16-13(12)14(17)10-4-2-5-11(15)8-10/h2-8H,9H2,1H3. The monoisotopic (exact) mass is 321 g/mol. The van der Waals surface area contributed by atoms with Crippen LogP contribution in [0.25, 0.3) is 0 Å². The van der Waals surface area contributed by atoms with Crippen LogP contribution < -0.4 is 4.74 Å². The molecule has 0 aliphatic rings. The first-order valence-electron chi connectivity index (χ1n) is 5.59. The van der Waals surface area contributed by atoms with E-state index < -0.39 is 0 Å². The minimum Gasteiger partial charge on any atom is -0.465 e. The van der Waals surface area contributed by atoms with Crippen molar-refractivity contribution in [1.82, 2.24) is 4.98 Å². The van der Waals surface area contributed by atoms with E-state index >= 15 is 0 Å². The van der Waals surface area contributed by atoms with Gasteiger partial charge in [0.25, 0.3) is 0 Å². The molecule has 2 aromatic rings. The summed E-state index contributed by atoms with van der Waals surface area (Å²) in [6.45, 7) is 0.0739. The number of carbonyl (C=O) groups is 1. The van der Waals surface area contributed by atoms with Crippen LogP contribution in [-0.4, -0.2) is 24.7 Å². The van der Waals surface area contributed by atoms with E-state index in [4.69, 9.17) is 9.47 Å². The summed E-state index contributed by atoms with van der Waals surface area (Å²) in [6, 6.07) is 10.5. The van der Waals surface area contributed by atoms with Crippen LogP contribution in [0.15, 0.2) is 47.1 Å². The highest BCUT2D eigenvalue weighted by Gasteiger charge is 2.16. The van der Waals surface area contributed by atoms with E-state index in [0.717, 1.165) is 4.47 Å². The maximum Gasteiger partial charge on any atom is 0.215 e. The number of rotatable bonds is 5. The zero-order valence-electron chi connectivity index (χ0n) is 10.3. The van der Waals surface area contributed by atoms with Gasteiger partial charge in [-0.15, -0.1) is 0 Å². The second kappa shape index (κ2) is 6.45. The third kappa shape index (κ3) is 3.39. The van der Waals surface area contributed by atoms with E-state index in [1.807, 2.05) is 6.07 Å². The van der Waals surface area contributed by atoms with Crippen molar-refractivity contribution in [3.8, 4) is 5.75 Å². The number of methoxy groups -OCH3 is 1. The molecule has 1 aromatic heterocycles. The average Bonchev–Trinajstić information content (AvgIpc) is 2.44. The number of pyridine rings is 1. The van der Waals surface area contributed by atoms with Crippen LogP contribution in [0.5, 0.6) is 5.75 Å². The summed E-state index contributed by atoms with van der Waals surface area (Å²) in [6.07, 6.45) is 1.56. The highest BCUT2D eigenvalue weighted by atomic mass is 79.9. The number of ether oxygens (including phenoxy) is 2. The first-order chi connectivity index (χ1) is 9.22. The van der Waals surface area contributed by atoms with Crippen LogP contribution in [-0.2, 0) is 4.74 Å². The molecule has 0 atom stereocenters. The van der Waals surface area contributed by atoms with Gasteiger partial charge in [-0.3, -0.25) is 4.79 Å². The molecule has 0 saturated carbocycles. The number of ketones is 1. The van der Waals surface area contributed by atoms with Crippen molar-refractivity contribution in [1.29, 1.82) is 0 Å². The molecule has 0 amide bonds. The van der Waals surface area contributed by atoms with Crippen molar-refractivity contribution >= 4 is 21.7 Å². The Morgan fingerprint density at radius 1 is 1.32 bits per heavy atom. The Morgan fingerprint density at radius 2 is 2.16 bits per heavy atom. The predicted octanol–water partition coefficient (Wildman–Crippen LogP) is 3.06. The third-order valence-electron chi connectivity index (χ3n) is 2.40. The maximum absolute atomic E-state index is 12.4. The molecule has 0 N–H and O–H groups in total. The first-order valence-corrected chi connectivity index (χ1v) is 6.38. The Balaban J connectivity index is 2.33. The van der Waals surface area contributed by atoms with Gasteiger partial charge in [-0.05, 0) is 24.3 Å². The minimum atomic E-state index is -0.187. The van der Waals surface area contributed by atoms with Crippen LogP contribution >= 0.6 is 15.9 Å². The fourth-order valence-electron chi connectivity index (χ4n) is 1.57. The summed E-state index contributed by atoms with van der Waals surface area (Å²) >= 11 is 3.34. The van der Waals surface area contributed by atoms with Gasteiger partial charge in [-0.25, -0.2) is 4.98 Å². The number of halogens is 1. The fourth-order valence-corrected chi connectivity index (χ4v) is 1.97. The molecule has 0 aliphatic heterocycles. The molecule has 0 radical (unpaired) electrons. The van der Waals surface area contributed by atoms with E-state index in [1.165, 1.54) is 7.11 Å². The zero-order valence-corrected chi connectivity index (χ0v) is 11.9. The van der Waals surface area contributed by atoms with Crippen molar-refractivity contribution in [3.63, 3.8) is 0 Å². The molecule has 0 aliphatic carbocycles. The lowest BCUT2D eigenvalue weighted by molar-refractivity contribution is 0.0500. The molecule has 4 nitrogen and oxygen atoms in total. The average molecular weight is 322 g/mol. The SMILES string of the molecule is COCOc1cccnc1C(=O)c1cccc(Br)c1. The number of hydrogen-bond acceptors (Lipinski definition) is 4. The van der Waals surface area contributed by atoms with Crippen molar-refractivity contribution in [2.75, 3.05) is 13.9 Å². The molecule has 1 heterocycles. The highest BCUT2D eigenvalue weighted by Crippen LogP contribution is 2.21. The zero-order chi connectivity index (χ0) is 13.7. The van der Waals surface area contributed by atoms with Crippen LogP contribution in [0.3, 0.4) is 0 Å². The van der Waals surface area contributed by atoms with Crippen LogP contribution in [0, 0.1) is 0 Å². The Kier molecular flexibility index (Phi) is 4.65. The largest absolute Gasteiger partial charge is 0.465 e. The van der Waals surface area contributed by atoms with E-state index in [-0.39, 0.29) is 18.3 Å². The van der Waals surface area contributed by atoms with Gasteiger partial charge in [0.1, 0.15) is 0 Å². The number of benzene rings is 1. The molecule has 0 unspecified atom stereocenters. The predicted molar refractivity (Wildman–Crippen MR) is 74.3 cm³/mol. The van der Waals surface area contributed by atoms with Gasteiger partial charge < -0.3 is 9.47 Å². The van der Waals surface area contributed by atoms with Gasteiger partial charge in [-0.2, -0.15) is 0 Å². The Bertz CT molecular complexity index is 586. The Labute approximate surface area is 119 Å². The van der Waals surface area contributed by atoms with Gasteiger partial charge in [0.15, 0.2) is 18.2 Å². The summed E-state index contributed by atoms with van der Waals surface area (Å²) in [4.78, 5) is 16.5. The number of aromatic nitrogens is 1.